The van der Waals surface area contributed by atoms with Gasteiger partial charge in [0.05, 0.1) is 0 Å². The molecule has 5 heteroatoms. The van der Waals surface area contributed by atoms with Gasteiger partial charge in [0, 0.05) is 18.0 Å². The van der Waals surface area contributed by atoms with Crippen LogP contribution in [0.4, 0.5) is 5.69 Å². The highest BCUT2D eigenvalue weighted by molar-refractivity contribution is 7.80. The van der Waals surface area contributed by atoms with Crippen molar-refractivity contribution in [2.75, 3.05) is 11.2 Å². The van der Waals surface area contributed by atoms with E-state index in [-0.39, 0.29) is 5.91 Å². The molecule has 0 saturated heterocycles. The van der Waals surface area contributed by atoms with Crippen LogP contribution in [0.25, 0.3) is 0 Å². The van der Waals surface area contributed by atoms with E-state index in [0.717, 1.165) is 12.1 Å². The molecule has 0 heterocycles. The molecule has 0 radical (unpaired) electrons. The zero-order chi connectivity index (χ0) is 15.0. The Morgan fingerprint density at radius 1 is 1.40 bits per heavy atom. The van der Waals surface area contributed by atoms with E-state index in [9.17, 15) is 4.79 Å². The lowest BCUT2D eigenvalue weighted by Gasteiger charge is -2.17. The van der Waals surface area contributed by atoms with Gasteiger partial charge in [-0.2, -0.15) is 0 Å². The minimum atomic E-state index is -0.107. The fraction of sp³-hybridized carbons (Fsp3) is 0.467. The molecule has 3 nitrogen and oxygen atoms in total. The predicted molar refractivity (Wildman–Crippen MR) is 89.5 cm³/mol. The van der Waals surface area contributed by atoms with Gasteiger partial charge in [0.25, 0.3) is 0 Å². The molecular formula is C15H21ClN2OS. The molecule has 1 amide bonds. The van der Waals surface area contributed by atoms with E-state index >= 15 is 0 Å². The number of benzene rings is 1. The first-order chi connectivity index (χ1) is 9.58. The highest BCUT2D eigenvalue weighted by Gasteiger charge is 2.10. The highest BCUT2D eigenvalue weighted by atomic mass is 35.5. The Balaban J connectivity index is 2.64. The average Bonchev–Trinajstić information content (AvgIpc) is 2.44. The molecule has 1 aromatic carbocycles. The van der Waals surface area contributed by atoms with Crippen molar-refractivity contribution < 1.29 is 4.79 Å². The summed E-state index contributed by atoms with van der Waals surface area (Å²) in [6, 6.07) is 8.01. The Hall–Kier alpha value is -1.13. The Kier molecular flexibility index (Phi) is 7.55. The van der Waals surface area contributed by atoms with Gasteiger partial charge in [0.1, 0.15) is 0 Å². The minimum Gasteiger partial charge on any atom is -0.332 e. The minimum absolute atomic E-state index is 0.107. The second-order valence-corrected chi connectivity index (χ2v) is 5.48. The average molecular weight is 313 g/mol. The molecule has 0 fully saturated rings. The van der Waals surface area contributed by atoms with Gasteiger partial charge in [0.2, 0.25) is 5.91 Å². The normalized spacial score (nSPS) is 11.8. The van der Waals surface area contributed by atoms with Gasteiger partial charge >= 0.3 is 0 Å². The van der Waals surface area contributed by atoms with Crippen molar-refractivity contribution in [3.63, 3.8) is 0 Å². The van der Waals surface area contributed by atoms with E-state index in [2.05, 4.69) is 30.5 Å². The van der Waals surface area contributed by atoms with Gasteiger partial charge in [-0.3, -0.25) is 4.79 Å². The third kappa shape index (κ3) is 5.47. The van der Waals surface area contributed by atoms with Crippen molar-refractivity contribution in [1.29, 1.82) is 0 Å². The maximum Gasteiger partial charge on any atom is 0.226 e. The van der Waals surface area contributed by atoms with Crippen molar-refractivity contribution in [1.82, 2.24) is 5.32 Å². The molecule has 110 valence electrons. The van der Waals surface area contributed by atoms with Crippen molar-refractivity contribution >= 4 is 40.5 Å². The number of para-hydroxylation sites is 1. The number of carbonyl (C=O) groups excluding carboxylic acids is 1. The fourth-order valence-electron chi connectivity index (χ4n) is 1.83. The Morgan fingerprint density at radius 2 is 2.10 bits per heavy atom. The Labute approximate surface area is 131 Å². The highest BCUT2D eigenvalue weighted by Crippen LogP contribution is 2.26. The van der Waals surface area contributed by atoms with Gasteiger partial charge in [-0.15, -0.1) is 11.6 Å². The standard InChI is InChI=1S/C15H21ClN2OS/c1-3-11(2)12-7-4-5-8-13(12)17-15(20)18-14(19)9-6-10-16/h4-5,7-8,11H,3,6,9-10H2,1-2H3,(H2,17,18,19,20)/t11-/m0/s1. The molecule has 0 aliphatic heterocycles. The zero-order valence-electron chi connectivity index (χ0n) is 11.9. The summed E-state index contributed by atoms with van der Waals surface area (Å²) in [5.41, 5.74) is 2.15. The molecule has 0 bridgehead atoms. The first kappa shape index (κ1) is 16.9. The molecule has 20 heavy (non-hydrogen) atoms. The summed E-state index contributed by atoms with van der Waals surface area (Å²) < 4.78 is 0. The van der Waals surface area contributed by atoms with Crippen molar-refractivity contribution in [2.24, 2.45) is 0 Å². The molecule has 0 saturated carbocycles. The lowest BCUT2D eigenvalue weighted by atomic mass is 9.97. The lowest BCUT2D eigenvalue weighted by Crippen LogP contribution is -2.34. The molecule has 0 spiro atoms. The monoisotopic (exact) mass is 312 g/mol. The predicted octanol–water partition coefficient (Wildman–Crippen LogP) is 4.03. The number of anilines is 1. The summed E-state index contributed by atoms with van der Waals surface area (Å²) in [5, 5.41) is 6.10. The van der Waals surface area contributed by atoms with Crippen LogP contribution in [0.2, 0.25) is 0 Å². The van der Waals surface area contributed by atoms with E-state index in [1.165, 1.54) is 5.56 Å². The third-order valence-electron chi connectivity index (χ3n) is 3.14. The summed E-state index contributed by atoms with van der Waals surface area (Å²) in [6.45, 7) is 4.32. The van der Waals surface area contributed by atoms with Gasteiger partial charge in [0.15, 0.2) is 5.11 Å². The molecule has 0 unspecified atom stereocenters. The molecule has 1 aromatic rings. The van der Waals surface area contributed by atoms with Crippen LogP contribution in [-0.2, 0) is 4.79 Å². The molecule has 0 aliphatic carbocycles. The molecule has 1 atom stereocenters. The van der Waals surface area contributed by atoms with Gasteiger partial charge in [-0.05, 0) is 42.6 Å². The summed E-state index contributed by atoms with van der Waals surface area (Å²) in [6.07, 6.45) is 2.09. The second kappa shape index (κ2) is 8.93. The summed E-state index contributed by atoms with van der Waals surface area (Å²) >= 11 is 10.7. The van der Waals surface area contributed by atoms with E-state index in [4.69, 9.17) is 23.8 Å². The number of carbonyl (C=O) groups is 1. The van der Waals surface area contributed by atoms with Crippen LogP contribution < -0.4 is 10.6 Å². The number of hydrogen-bond donors (Lipinski definition) is 2. The van der Waals surface area contributed by atoms with Crippen LogP contribution in [0.5, 0.6) is 0 Å². The maximum absolute atomic E-state index is 11.6. The molecule has 0 aliphatic rings. The van der Waals surface area contributed by atoms with E-state index < -0.39 is 0 Å². The largest absolute Gasteiger partial charge is 0.332 e. The van der Waals surface area contributed by atoms with Crippen LogP contribution in [-0.4, -0.2) is 16.9 Å². The number of halogens is 1. The summed E-state index contributed by atoms with van der Waals surface area (Å²) in [4.78, 5) is 11.6. The first-order valence-corrected chi connectivity index (χ1v) is 7.78. The Bertz CT molecular complexity index is 465. The quantitative estimate of drug-likeness (QED) is 0.615. The number of hydrogen-bond acceptors (Lipinski definition) is 2. The number of thiocarbonyl (C=S) groups is 1. The van der Waals surface area contributed by atoms with Crippen LogP contribution in [0.15, 0.2) is 24.3 Å². The van der Waals surface area contributed by atoms with Crippen LogP contribution in [0, 0.1) is 0 Å². The summed E-state index contributed by atoms with van der Waals surface area (Å²) in [5.74, 6) is 0.808. The first-order valence-electron chi connectivity index (χ1n) is 6.84. The molecular weight excluding hydrogens is 292 g/mol. The topological polar surface area (TPSA) is 41.1 Å². The van der Waals surface area contributed by atoms with E-state index in [0.29, 0.717) is 29.8 Å². The smallest absolute Gasteiger partial charge is 0.226 e. The SMILES string of the molecule is CC[C@H](C)c1ccccc1NC(=S)NC(=O)CCCCl. The van der Waals surface area contributed by atoms with Gasteiger partial charge in [-0.25, -0.2) is 0 Å². The fourth-order valence-corrected chi connectivity index (χ4v) is 2.19. The lowest BCUT2D eigenvalue weighted by molar-refractivity contribution is -0.119. The van der Waals surface area contributed by atoms with E-state index in [1.807, 2.05) is 18.2 Å². The number of amides is 1. The number of rotatable bonds is 6. The molecule has 2 N–H and O–H groups in total. The van der Waals surface area contributed by atoms with Crippen LogP contribution >= 0.6 is 23.8 Å². The Morgan fingerprint density at radius 3 is 2.75 bits per heavy atom. The van der Waals surface area contributed by atoms with E-state index in [1.54, 1.807) is 0 Å². The van der Waals surface area contributed by atoms with Crippen molar-refractivity contribution in [3.05, 3.63) is 29.8 Å². The second-order valence-electron chi connectivity index (χ2n) is 4.69. The van der Waals surface area contributed by atoms with Crippen LogP contribution in [0.1, 0.15) is 44.6 Å². The zero-order valence-corrected chi connectivity index (χ0v) is 13.5. The van der Waals surface area contributed by atoms with Crippen molar-refractivity contribution in [2.45, 2.75) is 39.0 Å². The summed E-state index contributed by atoms with van der Waals surface area (Å²) in [7, 11) is 0. The third-order valence-corrected chi connectivity index (χ3v) is 3.61. The maximum atomic E-state index is 11.6. The van der Waals surface area contributed by atoms with Gasteiger partial charge < -0.3 is 10.6 Å². The number of nitrogens with one attached hydrogen (secondary N) is 2. The van der Waals surface area contributed by atoms with Crippen LogP contribution in [0.3, 0.4) is 0 Å². The molecule has 1 rings (SSSR count). The number of alkyl halides is 1. The molecule has 0 aromatic heterocycles. The van der Waals surface area contributed by atoms with Crippen molar-refractivity contribution in [3.8, 4) is 0 Å². The van der Waals surface area contributed by atoms with Gasteiger partial charge in [-0.1, -0.05) is 32.0 Å².